The molecule has 0 fully saturated rings. The lowest BCUT2D eigenvalue weighted by Crippen LogP contribution is -1.97. The molecule has 0 amide bonds. The maximum absolute atomic E-state index is 5.98. The lowest BCUT2D eigenvalue weighted by atomic mass is 10.1. The molecule has 7 heteroatoms. The van der Waals surface area contributed by atoms with E-state index in [2.05, 4.69) is 24.9 Å². The summed E-state index contributed by atoms with van der Waals surface area (Å²) in [6.07, 6.45) is 4.91. The molecule has 0 unspecified atom stereocenters. The van der Waals surface area contributed by atoms with Crippen molar-refractivity contribution in [3.63, 3.8) is 0 Å². The van der Waals surface area contributed by atoms with Crippen LogP contribution in [0.25, 0.3) is 22.2 Å². The number of hydrogen-bond donors (Lipinski definition) is 2. The number of anilines is 1. The number of nitrogens with zero attached hydrogens (tertiary/aromatic N) is 4. The molecule has 3 rings (SSSR count). The van der Waals surface area contributed by atoms with Crippen LogP contribution in [0, 0.1) is 6.92 Å². The van der Waals surface area contributed by atoms with Crippen LogP contribution in [0.5, 0.6) is 5.88 Å². The smallest absolute Gasteiger partial charge is 0.224 e. The van der Waals surface area contributed by atoms with Crippen molar-refractivity contribution in [3.05, 3.63) is 24.5 Å². The molecule has 0 aliphatic rings. The second-order valence-corrected chi connectivity index (χ2v) is 4.03. The van der Waals surface area contributed by atoms with Gasteiger partial charge in [-0.25, -0.2) is 19.9 Å². The molecule has 0 aliphatic carbocycles. The molecule has 0 radical (unpaired) electrons. The summed E-state index contributed by atoms with van der Waals surface area (Å²) in [5, 5.41) is 0.749. The van der Waals surface area contributed by atoms with Crippen LogP contribution in [0.4, 0.5) is 5.82 Å². The number of aromatic amines is 1. The Morgan fingerprint density at radius 2 is 2.11 bits per heavy atom. The Labute approximate surface area is 108 Å². The highest BCUT2D eigenvalue weighted by Crippen LogP contribution is 2.34. The number of methoxy groups -OCH3 is 1. The molecule has 0 spiro atoms. The fourth-order valence-electron chi connectivity index (χ4n) is 2.06. The number of nitrogens with two attached hydrogens (primary N) is 1. The molecule has 3 aromatic heterocycles. The summed E-state index contributed by atoms with van der Waals surface area (Å²) in [4.78, 5) is 19.7. The molecular weight excluding hydrogens is 244 g/mol. The summed E-state index contributed by atoms with van der Waals surface area (Å²) < 4.78 is 5.24. The first kappa shape index (κ1) is 11.4. The van der Waals surface area contributed by atoms with Gasteiger partial charge in [-0.1, -0.05) is 0 Å². The van der Waals surface area contributed by atoms with Crippen molar-refractivity contribution in [1.29, 1.82) is 0 Å². The molecule has 3 heterocycles. The van der Waals surface area contributed by atoms with Gasteiger partial charge in [-0.2, -0.15) is 0 Å². The molecule has 0 aliphatic heterocycles. The Morgan fingerprint density at radius 1 is 1.26 bits per heavy atom. The highest BCUT2D eigenvalue weighted by molar-refractivity contribution is 6.00. The topological polar surface area (TPSA) is 103 Å². The first-order chi connectivity index (χ1) is 9.20. The largest absolute Gasteiger partial charge is 0.480 e. The number of nitrogen functional groups attached to an aromatic ring is 1. The molecule has 0 saturated carbocycles. The first-order valence-corrected chi connectivity index (χ1v) is 5.66. The zero-order valence-corrected chi connectivity index (χ0v) is 10.5. The minimum Gasteiger partial charge on any atom is -0.480 e. The van der Waals surface area contributed by atoms with Crippen molar-refractivity contribution in [2.24, 2.45) is 0 Å². The molecule has 0 atom stereocenters. The van der Waals surface area contributed by atoms with Gasteiger partial charge in [-0.05, 0) is 6.92 Å². The second kappa shape index (κ2) is 4.20. The standard InChI is InChI=1S/C12H12N6O/c1-6-17-10(13)9-7(4-15-11(9)18-6)8-3-14-5-16-12(8)19-2/h3-5H,1-2H3,(H3,13,15,17,18). The molecule has 7 nitrogen and oxygen atoms in total. The minimum atomic E-state index is 0.421. The Bertz CT molecular complexity index is 751. The fraction of sp³-hybridized carbons (Fsp3) is 0.167. The number of nitrogens with one attached hydrogen (secondary N) is 1. The summed E-state index contributed by atoms with van der Waals surface area (Å²) in [6.45, 7) is 1.79. The maximum Gasteiger partial charge on any atom is 0.224 e. The highest BCUT2D eigenvalue weighted by atomic mass is 16.5. The zero-order chi connectivity index (χ0) is 13.4. The molecule has 0 bridgehead atoms. The molecule has 3 N–H and O–H groups in total. The third-order valence-corrected chi connectivity index (χ3v) is 2.83. The van der Waals surface area contributed by atoms with Gasteiger partial charge in [-0.3, -0.25) is 0 Å². The van der Waals surface area contributed by atoms with Gasteiger partial charge in [0.1, 0.15) is 23.6 Å². The van der Waals surface area contributed by atoms with E-state index in [1.54, 1.807) is 26.4 Å². The van der Waals surface area contributed by atoms with Crippen LogP contribution >= 0.6 is 0 Å². The number of ether oxygens (including phenoxy) is 1. The van der Waals surface area contributed by atoms with Gasteiger partial charge in [-0.15, -0.1) is 0 Å². The van der Waals surface area contributed by atoms with Gasteiger partial charge in [0.2, 0.25) is 5.88 Å². The number of aryl methyl sites for hydroxylation is 1. The van der Waals surface area contributed by atoms with Gasteiger partial charge in [0.25, 0.3) is 0 Å². The fourth-order valence-corrected chi connectivity index (χ4v) is 2.06. The van der Waals surface area contributed by atoms with Crippen molar-refractivity contribution in [1.82, 2.24) is 24.9 Å². The Kier molecular flexibility index (Phi) is 2.52. The van der Waals surface area contributed by atoms with Crippen LogP contribution in [-0.4, -0.2) is 32.0 Å². The van der Waals surface area contributed by atoms with Crippen molar-refractivity contribution >= 4 is 16.9 Å². The van der Waals surface area contributed by atoms with Gasteiger partial charge < -0.3 is 15.5 Å². The minimum absolute atomic E-state index is 0.421. The quantitative estimate of drug-likeness (QED) is 0.716. The molecule has 3 aromatic rings. The average molecular weight is 256 g/mol. The van der Waals surface area contributed by atoms with E-state index < -0.39 is 0 Å². The maximum atomic E-state index is 5.98. The third kappa shape index (κ3) is 1.75. The first-order valence-electron chi connectivity index (χ1n) is 5.66. The van der Waals surface area contributed by atoms with E-state index in [4.69, 9.17) is 10.5 Å². The van der Waals surface area contributed by atoms with Crippen LogP contribution in [0.3, 0.4) is 0 Å². The number of hydrogen-bond acceptors (Lipinski definition) is 6. The summed E-state index contributed by atoms with van der Waals surface area (Å²) in [6, 6.07) is 0. The molecule has 96 valence electrons. The lowest BCUT2D eigenvalue weighted by Gasteiger charge is -2.06. The van der Waals surface area contributed by atoms with E-state index in [0.29, 0.717) is 23.2 Å². The van der Waals surface area contributed by atoms with Crippen LogP contribution in [-0.2, 0) is 0 Å². The van der Waals surface area contributed by atoms with Crippen LogP contribution in [0.2, 0.25) is 0 Å². The van der Waals surface area contributed by atoms with Gasteiger partial charge in [0.15, 0.2) is 0 Å². The predicted molar refractivity (Wildman–Crippen MR) is 70.6 cm³/mol. The monoisotopic (exact) mass is 256 g/mol. The molecule has 0 aromatic carbocycles. The Morgan fingerprint density at radius 3 is 2.89 bits per heavy atom. The van der Waals surface area contributed by atoms with E-state index in [0.717, 1.165) is 16.5 Å². The molecule has 0 saturated heterocycles. The zero-order valence-electron chi connectivity index (χ0n) is 10.5. The highest BCUT2D eigenvalue weighted by Gasteiger charge is 2.16. The Balaban J connectivity index is 2.32. The van der Waals surface area contributed by atoms with Gasteiger partial charge >= 0.3 is 0 Å². The number of aromatic nitrogens is 5. The SMILES string of the molecule is COc1ncncc1-c1c[nH]c2nc(C)nc(N)c12. The number of rotatable bonds is 2. The van der Waals surface area contributed by atoms with E-state index >= 15 is 0 Å². The van der Waals surface area contributed by atoms with Crippen LogP contribution < -0.4 is 10.5 Å². The van der Waals surface area contributed by atoms with Crippen molar-refractivity contribution in [2.45, 2.75) is 6.92 Å². The Hall–Kier alpha value is -2.70. The van der Waals surface area contributed by atoms with Gasteiger partial charge in [0.05, 0.1) is 18.1 Å². The molecule has 19 heavy (non-hydrogen) atoms. The van der Waals surface area contributed by atoms with Crippen molar-refractivity contribution < 1.29 is 4.74 Å². The number of fused-ring (bicyclic) bond motifs is 1. The van der Waals surface area contributed by atoms with E-state index in [1.165, 1.54) is 6.33 Å². The average Bonchev–Trinajstić information content (AvgIpc) is 2.82. The third-order valence-electron chi connectivity index (χ3n) is 2.83. The van der Waals surface area contributed by atoms with E-state index in [9.17, 15) is 0 Å². The summed E-state index contributed by atoms with van der Waals surface area (Å²) in [7, 11) is 1.56. The lowest BCUT2D eigenvalue weighted by molar-refractivity contribution is 0.398. The second-order valence-electron chi connectivity index (χ2n) is 4.03. The predicted octanol–water partition coefficient (Wildman–Crippen LogP) is 1.31. The normalized spacial score (nSPS) is 10.8. The summed E-state index contributed by atoms with van der Waals surface area (Å²) >= 11 is 0. The van der Waals surface area contributed by atoms with E-state index in [-0.39, 0.29) is 0 Å². The van der Waals surface area contributed by atoms with Crippen LogP contribution in [0.15, 0.2) is 18.7 Å². The van der Waals surface area contributed by atoms with Crippen molar-refractivity contribution in [2.75, 3.05) is 12.8 Å². The number of H-pyrrole nitrogens is 1. The van der Waals surface area contributed by atoms with E-state index in [1.807, 2.05) is 0 Å². The van der Waals surface area contributed by atoms with Crippen molar-refractivity contribution in [3.8, 4) is 17.0 Å². The summed E-state index contributed by atoms with van der Waals surface area (Å²) in [5.41, 5.74) is 8.23. The molecular formula is C12H12N6O. The van der Waals surface area contributed by atoms with Crippen LogP contribution in [0.1, 0.15) is 5.82 Å². The summed E-state index contributed by atoms with van der Waals surface area (Å²) in [5.74, 6) is 1.52. The van der Waals surface area contributed by atoms with Gasteiger partial charge in [0, 0.05) is 18.0 Å².